The molecular weight excluding hydrogens is 260 g/mol. The van der Waals surface area contributed by atoms with E-state index < -0.39 is 11.6 Å². The molecule has 0 atom stereocenters. The number of rotatable bonds is 2. The van der Waals surface area contributed by atoms with Gasteiger partial charge in [0.2, 0.25) is 0 Å². The van der Waals surface area contributed by atoms with E-state index in [0.717, 1.165) is 17.7 Å². The van der Waals surface area contributed by atoms with Gasteiger partial charge in [-0.2, -0.15) is 10.5 Å². The van der Waals surface area contributed by atoms with Crippen LogP contribution in [-0.2, 0) is 0 Å². The summed E-state index contributed by atoms with van der Waals surface area (Å²) in [6.45, 7) is 1.75. The minimum absolute atomic E-state index is 0.0898. The van der Waals surface area contributed by atoms with Gasteiger partial charge < -0.3 is 5.32 Å². The van der Waals surface area contributed by atoms with Gasteiger partial charge in [-0.05, 0) is 36.8 Å². The van der Waals surface area contributed by atoms with Crippen molar-refractivity contribution in [1.82, 2.24) is 0 Å². The molecule has 0 aliphatic rings. The van der Waals surface area contributed by atoms with Crippen LogP contribution >= 0.6 is 0 Å². The van der Waals surface area contributed by atoms with Crippen molar-refractivity contribution in [2.75, 3.05) is 5.32 Å². The van der Waals surface area contributed by atoms with E-state index in [1.807, 2.05) is 6.07 Å². The van der Waals surface area contributed by atoms with Crippen LogP contribution in [-0.4, -0.2) is 0 Å². The lowest BCUT2D eigenvalue weighted by molar-refractivity contribution is 0.590. The van der Waals surface area contributed by atoms with Gasteiger partial charge in [0.15, 0.2) is 11.6 Å². The molecule has 0 unspecified atom stereocenters. The fourth-order valence-electron chi connectivity index (χ4n) is 1.72. The third-order valence-corrected chi connectivity index (χ3v) is 2.80. The summed E-state index contributed by atoms with van der Waals surface area (Å²) >= 11 is 0. The van der Waals surface area contributed by atoms with E-state index in [9.17, 15) is 8.78 Å². The van der Waals surface area contributed by atoms with Crippen molar-refractivity contribution in [3.63, 3.8) is 0 Å². The quantitative estimate of drug-likeness (QED) is 0.902. The highest BCUT2D eigenvalue weighted by molar-refractivity contribution is 5.66. The lowest BCUT2D eigenvalue weighted by atomic mass is 10.1. The Labute approximate surface area is 114 Å². The molecule has 0 fully saturated rings. The summed E-state index contributed by atoms with van der Waals surface area (Å²) in [7, 11) is 0. The van der Waals surface area contributed by atoms with Crippen molar-refractivity contribution in [2.24, 2.45) is 0 Å². The number of anilines is 2. The first-order valence-electron chi connectivity index (χ1n) is 5.72. The van der Waals surface area contributed by atoms with Gasteiger partial charge >= 0.3 is 0 Å². The number of hydrogen-bond donors (Lipinski definition) is 1. The monoisotopic (exact) mass is 269 g/mol. The highest BCUT2D eigenvalue weighted by Crippen LogP contribution is 2.27. The second-order valence-electron chi connectivity index (χ2n) is 4.19. The summed E-state index contributed by atoms with van der Waals surface area (Å²) in [6.07, 6.45) is 0. The van der Waals surface area contributed by atoms with Crippen LogP contribution in [0.2, 0.25) is 0 Å². The molecular formula is C15H9F2N3. The lowest BCUT2D eigenvalue weighted by Gasteiger charge is -2.12. The van der Waals surface area contributed by atoms with Crippen molar-refractivity contribution >= 4 is 11.4 Å². The molecule has 1 N–H and O–H groups in total. The van der Waals surface area contributed by atoms with Crippen LogP contribution < -0.4 is 5.32 Å². The third kappa shape index (κ3) is 2.57. The molecule has 0 aromatic heterocycles. The summed E-state index contributed by atoms with van der Waals surface area (Å²) in [5.41, 5.74) is 1.13. The molecule has 5 heteroatoms. The fraction of sp³-hybridized carbons (Fsp3) is 0.0667. The summed E-state index contributed by atoms with van der Waals surface area (Å²) in [5.74, 6) is -1.72. The number of benzene rings is 2. The van der Waals surface area contributed by atoms with Crippen LogP contribution in [0.4, 0.5) is 20.2 Å². The summed E-state index contributed by atoms with van der Waals surface area (Å²) < 4.78 is 27.6. The van der Waals surface area contributed by atoms with E-state index in [1.54, 1.807) is 25.1 Å². The molecule has 2 rings (SSSR count). The van der Waals surface area contributed by atoms with E-state index >= 15 is 0 Å². The van der Waals surface area contributed by atoms with Crippen molar-refractivity contribution in [2.45, 2.75) is 6.92 Å². The average Bonchev–Trinajstić information content (AvgIpc) is 2.44. The molecule has 2 aromatic rings. The van der Waals surface area contributed by atoms with Crippen LogP contribution in [0.5, 0.6) is 0 Å². The molecule has 0 aliphatic heterocycles. The maximum Gasteiger partial charge on any atom is 0.150 e. The van der Waals surface area contributed by atoms with Gasteiger partial charge in [0, 0.05) is 5.69 Å². The summed E-state index contributed by atoms with van der Waals surface area (Å²) in [6, 6.07) is 10.3. The minimum Gasteiger partial charge on any atom is -0.350 e. The minimum atomic E-state index is -0.858. The molecule has 0 amide bonds. The lowest BCUT2D eigenvalue weighted by Crippen LogP contribution is -2.00. The zero-order chi connectivity index (χ0) is 14.7. The Morgan fingerprint density at radius 3 is 2.10 bits per heavy atom. The van der Waals surface area contributed by atoms with Crippen LogP contribution in [0.1, 0.15) is 16.7 Å². The molecule has 20 heavy (non-hydrogen) atoms. The first-order chi connectivity index (χ1) is 9.55. The van der Waals surface area contributed by atoms with Gasteiger partial charge in [-0.3, -0.25) is 0 Å². The van der Waals surface area contributed by atoms with Gasteiger partial charge in [0.25, 0.3) is 0 Å². The summed E-state index contributed by atoms with van der Waals surface area (Å²) in [4.78, 5) is 0. The van der Waals surface area contributed by atoms with Gasteiger partial charge in [-0.1, -0.05) is 6.07 Å². The number of aryl methyl sites for hydroxylation is 1. The molecule has 0 radical (unpaired) electrons. The standard InChI is InChI=1S/C15H9F2N3/c1-9-2-3-10(7-18)6-14(9)20-15-12(16)4-11(8-19)5-13(15)17/h2-6,20H,1H3. The molecule has 0 bridgehead atoms. The number of nitriles is 2. The molecule has 0 aliphatic carbocycles. The average molecular weight is 269 g/mol. The molecule has 0 saturated carbocycles. The Bertz CT molecular complexity index is 732. The van der Waals surface area contributed by atoms with Crippen LogP contribution in [0, 0.1) is 41.2 Å². The maximum absolute atomic E-state index is 13.8. The van der Waals surface area contributed by atoms with Gasteiger partial charge in [0.05, 0.1) is 23.3 Å². The predicted octanol–water partition coefficient (Wildman–Crippen LogP) is 3.76. The van der Waals surface area contributed by atoms with E-state index in [-0.39, 0.29) is 11.3 Å². The van der Waals surface area contributed by atoms with Gasteiger partial charge in [-0.25, -0.2) is 8.78 Å². The number of nitrogens with zero attached hydrogens (tertiary/aromatic N) is 2. The Morgan fingerprint density at radius 2 is 1.55 bits per heavy atom. The first kappa shape index (κ1) is 13.5. The second-order valence-corrected chi connectivity index (χ2v) is 4.19. The highest BCUT2D eigenvalue weighted by Gasteiger charge is 2.12. The molecule has 0 saturated heterocycles. The predicted molar refractivity (Wildman–Crippen MR) is 70.2 cm³/mol. The third-order valence-electron chi connectivity index (χ3n) is 2.80. The van der Waals surface area contributed by atoms with Crippen LogP contribution in [0.3, 0.4) is 0 Å². The zero-order valence-electron chi connectivity index (χ0n) is 10.5. The van der Waals surface area contributed by atoms with Crippen molar-refractivity contribution in [3.05, 3.63) is 58.7 Å². The number of nitrogens with one attached hydrogen (secondary N) is 1. The maximum atomic E-state index is 13.8. The Morgan fingerprint density at radius 1 is 0.950 bits per heavy atom. The Kier molecular flexibility index (Phi) is 3.63. The molecule has 3 nitrogen and oxygen atoms in total. The molecule has 0 spiro atoms. The first-order valence-corrected chi connectivity index (χ1v) is 5.72. The summed E-state index contributed by atoms with van der Waals surface area (Å²) in [5, 5.41) is 20.1. The van der Waals surface area contributed by atoms with E-state index in [4.69, 9.17) is 10.5 Å². The van der Waals surface area contributed by atoms with E-state index in [1.165, 1.54) is 6.07 Å². The van der Waals surface area contributed by atoms with E-state index in [2.05, 4.69) is 5.32 Å². The normalized spacial score (nSPS) is 9.65. The van der Waals surface area contributed by atoms with Crippen LogP contribution in [0.15, 0.2) is 30.3 Å². The topological polar surface area (TPSA) is 59.6 Å². The van der Waals surface area contributed by atoms with Crippen molar-refractivity contribution < 1.29 is 8.78 Å². The number of hydrogen-bond acceptors (Lipinski definition) is 3. The largest absolute Gasteiger partial charge is 0.350 e. The van der Waals surface area contributed by atoms with Crippen LogP contribution in [0.25, 0.3) is 0 Å². The SMILES string of the molecule is Cc1ccc(C#N)cc1Nc1c(F)cc(C#N)cc1F. The Hall–Kier alpha value is -2.92. The smallest absolute Gasteiger partial charge is 0.150 e. The molecule has 2 aromatic carbocycles. The van der Waals surface area contributed by atoms with E-state index in [0.29, 0.717) is 11.3 Å². The fourth-order valence-corrected chi connectivity index (χ4v) is 1.72. The second kappa shape index (κ2) is 5.38. The Balaban J connectivity index is 2.46. The van der Waals surface area contributed by atoms with Crippen molar-refractivity contribution in [1.29, 1.82) is 10.5 Å². The van der Waals surface area contributed by atoms with Gasteiger partial charge in [0.1, 0.15) is 5.69 Å². The number of halogens is 2. The zero-order valence-corrected chi connectivity index (χ0v) is 10.5. The highest BCUT2D eigenvalue weighted by atomic mass is 19.1. The van der Waals surface area contributed by atoms with Crippen molar-refractivity contribution in [3.8, 4) is 12.1 Å². The molecule has 0 heterocycles. The van der Waals surface area contributed by atoms with Gasteiger partial charge in [-0.15, -0.1) is 0 Å². The molecule has 98 valence electrons.